The first-order chi connectivity index (χ1) is 10.2. The molecule has 0 aliphatic carbocycles. The van der Waals surface area contributed by atoms with Gasteiger partial charge in [0.05, 0.1) is 6.21 Å². The normalized spacial score (nSPS) is 10.6. The van der Waals surface area contributed by atoms with Crippen molar-refractivity contribution in [2.24, 2.45) is 5.10 Å². The van der Waals surface area contributed by atoms with Gasteiger partial charge in [-0.1, -0.05) is 25.1 Å². The highest BCUT2D eigenvalue weighted by Gasteiger charge is 2.05. The van der Waals surface area contributed by atoms with Crippen LogP contribution in [-0.4, -0.2) is 16.3 Å². The Morgan fingerprint density at radius 3 is 2.76 bits per heavy atom. The Balaban J connectivity index is 1.98. The van der Waals surface area contributed by atoms with Gasteiger partial charge in [0.2, 0.25) is 0 Å². The zero-order valence-corrected chi connectivity index (χ0v) is 12.9. The van der Waals surface area contributed by atoms with Crippen LogP contribution in [0.4, 0.5) is 5.69 Å². The van der Waals surface area contributed by atoms with Gasteiger partial charge in [-0.2, -0.15) is 5.10 Å². The van der Waals surface area contributed by atoms with E-state index in [1.54, 1.807) is 18.6 Å². The number of hydrazone groups is 1. The summed E-state index contributed by atoms with van der Waals surface area (Å²) < 4.78 is 0. The minimum Gasteiger partial charge on any atom is -0.331 e. The van der Waals surface area contributed by atoms with Crippen molar-refractivity contribution in [2.75, 3.05) is 5.32 Å². The molecule has 4 nitrogen and oxygen atoms in total. The van der Waals surface area contributed by atoms with E-state index < -0.39 is 0 Å². The van der Waals surface area contributed by atoms with Gasteiger partial charge in [0.25, 0.3) is 0 Å². The fraction of sp³-hybridized carbons (Fsp3) is 0.188. The number of benzene rings is 1. The van der Waals surface area contributed by atoms with Crippen molar-refractivity contribution in [1.29, 1.82) is 0 Å². The third-order valence-corrected chi connectivity index (χ3v) is 3.26. The van der Waals surface area contributed by atoms with E-state index in [2.05, 4.69) is 52.9 Å². The molecule has 0 saturated heterocycles. The van der Waals surface area contributed by atoms with E-state index in [0.29, 0.717) is 5.11 Å². The summed E-state index contributed by atoms with van der Waals surface area (Å²) in [6.45, 7) is 4.18. The van der Waals surface area contributed by atoms with Crippen LogP contribution in [0.3, 0.4) is 0 Å². The average Bonchev–Trinajstić information content (AvgIpc) is 2.50. The van der Waals surface area contributed by atoms with Crippen molar-refractivity contribution in [3.05, 3.63) is 59.4 Å². The number of hydrogen-bond acceptors (Lipinski definition) is 3. The smallest absolute Gasteiger partial charge is 0.191 e. The first kappa shape index (κ1) is 15.1. The molecule has 2 aromatic rings. The summed E-state index contributed by atoms with van der Waals surface area (Å²) in [5, 5.41) is 7.80. The number of pyridine rings is 1. The second-order valence-electron chi connectivity index (χ2n) is 4.57. The van der Waals surface area contributed by atoms with Gasteiger partial charge in [0.15, 0.2) is 5.11 Å². The first-order valence-electron chi connectivity index (χ1n) is 6.79. The van der Waals surface area contributed by atoms with Gasteiger partial charge in [0.1, 0.15) is 0 Å². The molecule has 0 saturated carbocycles. The molecule has 21 heavy (non-hydrogen) atoms. The van der Waals surface area contributed by atoms with Crippen LogP contribution in [0.25, 0.3) is 0 Å². The van der Waals surface area contributed by atoms with E-state index in [1.807, 2.05) is 12.1 Å². The van der Waals surface area contributed by atoms with Crippen LogP contribution in [-0.2, 0) is 6.42 Å². The van der Waals surface area contributed by atoms with Gasteiger partial charge >= 0.3 is 0 Å². The zero-order valence-electron chi connectivity index (χ0n) is 12.1. The number of thiocarbonyl (C=S) groups is 1. The topological polar surface area (TPSA) is 49.3 Å². The predicted molar refractivity (Wildman–Crippen MR) is 91.7 cm³/mol. The lowest BCUT2D eigenvalue weighted by atomic mass is 10.1. The molecule has 1 heterocycles. The van der Waals surface area contributed by atoms with Gasteiger partial charge in [-0.15, -0.1) is 0 Å². The molecule has 0 atom stereocenters. The summed E-state index contributed by atoms with van der Waals surface area (Å²) in [6, 6.07) is 9.95. The Bertz CT molecular complexity index is 638. The summed E-state index contributed by atoms with van der Waals surface area (Å²) in [6.07, 6.45) is 6.10. The third kappa shape index (κ3) is 4.36. The number of aryl methyl sites for hydroxylation is 2. The Morgan fingerprint density at radius 1 is 1.29 bits per heavy atom. The highest BCUT2D eigenvalue weighted by Crippen LogP contribution is 2.20. The van der Waals surface area contributed by atoms with E-state index >= 15 is 0 Å². The zero-order chi connectivity index (χ0) is 15.1. The number of nitrogens with one attached hydrogen (secondary N) is 2. The molecule has 0 aliphatic rings. The molecule has 0 spiro atoms. The monoisotopic (exact) mass is 298 g/mol. The van der Waals surface area contributed by atoms with Gasteiger partial charge in [-0.3, -0.25) is 10.4 Å². The van der Waals surface area contributed by atoms with Crippen molar-refractivity contribution in [1.82, 2.24) is 10.4 Å². The first-order valence-corrected chi connectivity index (χ1v) is 7.20. The number of aromatic nitrogens is 1. The minimum absolute atomic E-state index is 0.476. The highest BCUT2D eigenvalue weighted by molar-refractivity contribution is 7.80. The lowest BCUT2D eigenvalue weighted by Crippen LogP contribution is -2.25. The summed E-state index contributed by atoms with van der Waals surface area (Å²) in [5.74, 6) is 0. The Morgan fingerprint density at radius 2 is 2.05 bits per heavy atom. The van der Waals surface area contributed by atoms with Gasteiger partial charge in [0, 0.05) is 18.1 Å². The van der Waals surface area contributed by atoms with Crippen LogP contribution in [0.1, 0.15) is 23.6 Å². The van der Waals surface area contributed by atoms with E-state index in [0.717, 1.165) is 23.2 Å². The van der Waals surface area contributed by atoms with Crippen molar-refractivity contribution in [3.8, 4) is 0 Å². The SMILES string of the molecule is CCc1cccc(C)c1NC(=S)N/N=C\c1ccncc1. The van der Waals surface area contributed by atoms with Crippen LogP contribution < -0.4 is 10.7 Å². The molecule has 0 fully saturated rings. The number of hydrogen-bond donors (Lipinski definition) is 2. The Hall–Kier alpha value is -2.27. The maximum atomic E-state index is 5.27. The second kappa shape index (κ2) is 7.50. The summed E-state index contributed by atoms with van der Waals surface area (Å²) >= 11 is 5.27. The van der Waals surface area contributed by atoms with Crippen LogP contribution in [0.5, 0.6) is 0 Å². The quantitative estimate of drug-likeness (QED) is 0.517. The van der Waals surface area contributed by atoms with E-state index in [4.69, 9.17) is 12.2 Å². The number of rotatable bonds is 4. The van der Waals surface area contributed by atoms with Crippen molar-refractivity contribution < 1.29 is 0 Å². The summed E-state index contributed by atoms with van der Waals surface area (Å²) in [5.41, 5.74) is 7.24. The predicted octanol–water partition coefficient (Wildman–Crippen LogP) is 3.27. The van der Waals surface area contributed by atoms with E-state index in [9.17, 15) is 0 Å². The molecule has 0 radical (unpaired) electrons. The highest BCUT2D eigenvalue weighted by atomic mass is 32.1. The largest absolute Gasteiger partial charge is 0.331 e. The Kier molecular flexibility index (Phi) is 5.40. The molecule has 2 N–H and O–H groups in total. The maximum absolute atomic E-state index is 5.27. The molecule has 0 amide bonds. The van der Waals surface area contributed by atoms with Crippen LogP contribution in [0, 0.1) is 6.92 Å². The third-order valence-electron chi connectivity index (χ3n) is 3.06. The van der Waals surface area contributed by atoms with E-state index in [-0.39, 0.29) is 0 Å². The van der Waals surface area contributed by atoms with Gasteiger partial charge in [-0.05, 0) is 54.4 Å². The molecular weight excluding hydrogens is 280 g/mol. The fourth-order valence-electron chi connectivity index (χ4n) is 1.96. The summed E-state index contributed by atoms with van der Waals surface area (Å²) in [4.78, 5) is 3.95. The number of nitrogens with zero attached hydrogens (tertiary/aromatic N) is 2. The number of anilines is 1. The molecule has 0 unspecified atom stereocenters. The van der Waals surface area contributed by atoms with Crippen molar-refractivity contribution in [3.63, 3.8) is 0 Å². The lowest BCUT2D eigenvalue weighted by Gasteiger charge is -2.14. The van der Waals surface area contributed by atoms with E-state index in [1.165, 1.54) is 5.56 Å². The molecule has 1 aromatic heterocycles. The molecule has 1 aromatic carbocycles. The molecule has 2 rings (SSSR count). The molecule has 0 aliphatic heterocycles. The van der Waals surface area contributed by atoms with Crippen LogP contribution in [0.15, 0.2) is 47.8 Å². The Labute approximate surface area is 130 Å². The van der Waals surface area contributed by atoms with Gasteiger partial charge < -0.3 is 5.32 Å². The lowest BCUT2D eigenvalue weighted by molar-refractivity contribution is 1.05. The molecule has 5 heteroatoms. The standard InChI is InChI=1S/C16H18N4S/c1-3-14-6-4-5-12(2)15(14)19-16(21)20-18-11-13-7-9-17-10-8-13/h4-11H,3H2,1-2H3,(H2,19,20,21)/b18-11-. The van der Waals surface area contributed by atoms with Crippen LogP contribution >= 0.6 is 12.2 Å². The van der Waals surface area contributed by atoms with Crippen molar-refractivity contribution >= 4 is 29.2 Å². The minimum atomic E-state index is 0.476. The second-order valence-corrected chi connectivity index (χ2v) is 4.98. The molecule has 108 valence electrons. The fourth-order valence-corrected chi connectivity index (χ4v) is 2.11. The number of para-hydroxylation sites is 1. The maximum Gasteiger partial charge on any atom is 0.191 e. The average molecular weight is 298 g/mol. The van der Waals surface area contributed by atoms with Crippen molar-refractivity contribution in [2.45, 2.75) is 20.3 Å². The summed E-state index contributed by atoms with van der Waals surface area (Å²) in [7, 11) is 0. The van der Waals surface area contributed by atoms with Gasteiger partial charge in [-0.25, -0.2) is 0 Å². The molecular formula is C16H18N4S. The molecule has 0 bridgehead atoms. The van der Waals surface area contributed by atoms with Crippen LogP contribution in [0.2, 0.25) is 0 Å².